The fraction of sp³-hybridized carbons (Fsp3) is 1.00. The smallest absolute Gasteiger partial charge is 0.391 e. The van der Waals surface area contributed by atoms with Gasteiger partial charge in [-0.1, -0.05) is 0 Å². The number of hydrogen-bond donors (Lipinski definition) is 2. The third-order valence-electron chi connectivity index (χ3n) is 4.01. The van der Waals surface area contributed by atoms with Crippen LogP contribution < -0.4 is 0 Å². The van der Waals surface area contributed by atoms with Crippen LogP contribution in [0.1, 0.15) is 74.7 Å². The highest BCUT2D eigenvalue weighted by atomic mass is 31.1. The highest BCUT2D eigenvalue weighted by Crippen LogP contribution is 2.28. The minimum Gasteiger partial charge on any atom is -0.391 e. The molecule has 0 saturated heterocycles. The first kappa shape index (κ1) is 34.9. The summed E-state index contributed by atoms with van der Waals surface area (Å²) in [5.41, 5.74) is -1.04. The Morgan fingerprint density at radius 2 is 1.20 bits per heavy atom. The number of aliphatic hydroxyl groups is 2. The minimum atomic E-state index is -1.90. The van der Waals surface area contributed by atoms with E-state index in [-0.39, 0.29) is 32.5 Å². The average molecular weight is 547 g/mol. The van der Waals surface area contributed by atoms with Crippen LogP contribution in [0.4, 0.5) is 0 Å². The summed E-state index contributed by atoms with van der Waals surface area (Å²) in [4.78, 5) is 0. The molecule has 0 aromatic carbocycles. The van der Waals surface area contributed by atoms with E-state index in [1.54, 1.807) is 13.8 Å². The summed E-state index contributed by atoms with van der Waals surface area (Å²) in [5.74, 6) is 0. The second-order valence-corrected chi connectivity index (χ2v) is 13.2. The third-order valence-corrected chi connectivity index (χ3v) is 6.25. The molecule has 0 aromatic rings. The van der Waals surface area contributed by atoms with Crippen molar-refractivity contribution in [1.29, 1.82) is 0 Å². The van der Waals surface area contributed by atoms with Gasteiger partial charge in [-0.2, -0.15) is 0 Å². The van der Waals surface area contributed by atoms with Gasteiger partial charge < -0.3 is 29.2 Å². The molecule has 0 saturated carbocycles. The van der Waals surface area contributed by atoms with Crippen molar-refractivity contribution in [2.45, 2.75) is 111 Å². The van der Waals surface area contributed by atoms with Gasteiger partial charge in [0.2, 0.25) is 0 Å². The number of hydrogen-bond acceptors (Lipinski definition) is 10. The van der Waals surface area contributed by atoms with Gasteiger partial charge in [-0.15, -0.1) is 9.05 Å². The average Bonchev–Trinajstić information content (AvgIpc) is 2.70. The maximum atomic E-state index is 12.2. The van der Waals surface area contributed by atoms with Crippen LogP contribution in [-0.4, -0.2) is 85.0 Å². The van der Waals surface area contributed by atoms with Gasteiger partial charge in [-0.3, -0.25) is 0 Å². The van der Waals surface area contributed by atoms with Crippen molar-refractivity contribution in [3.05, 3.63) is 0 Å². The SMILES string of the molecule is CC(O)COC(C)CO[P+](=O)CCCCC[P+](=O)OCC(OCC(O)OC(C)(C)C)OC(C)(C)C. The predicted octanol–water partition coefficient (Wildman–Crippen LogP) is 4.75. The summed E-state index contributed by atoms with van der Waals surface area (Å²) in [6.07, 6.45) is 0.172. The molecule has 0 aromatic heterocycles. The van der Waals surface area contributed by atoms with Gasteiger partial charge in [0.1, 0.15) is 13.2 Å². The Hall–Kier alpha value is -0.120. The monoisotopic (exact) mass is 546 g/mol. The number of rotatable bonds is 20. The summed E-state index contributed by atoms with van der Waals surface area (Å²) in [6.45, 7) is 14.8. The quantitative estimate of drug-likeness (QED) is 0.125. The maximum Gasteiger partial charge on any atom is 0.508 e. The van der Waals surface area contributed by atoms with Gasteiger partial charge in [-0.05, 0) is 83.8 Å². The number of ether oxygens (including phenoxy) is 4. The standard InChI is InChI=1S/C23H48O10P2/c1-18(24)14-28-19(2)15-30-34(26)12-10-9-11-13-35(27)31-17-21(33-23(6,7)8)29-16-20(25)32-22(3,4)5/h18-21,24-25H,9-17H2,1-8H3/q+2. The molecule has 6 atom stereocenters. The largest absolute Gasteiger partial charge is 0.508 e. The Labute approximate surface area is 213 Å². The Morgan fingerprint density at radius 1 is 0.686 bits per heavy atom. The van der Waals surface area contributed by atoms with Crippen LogP contribution in [0.3, 0.4) is 0 Å². The second kappa shape index (κ2) is 18.2. The molecule has 6 unspecified atom stereocenters. The molecule has 0 spiro atoms. The topological polar surface area (TPSA) is 130 Å². The first-order valence-corrected chi connectivity index (χ1v) is 14.9. The van der Waals surface area contributed by atoms with Crippen molar-refractivity contribution in [2.24, 2.45) is 0 Å². The van der Waals surface area contributed by atoms with Crippen molar-refractivity contribution < 1.29 is 47.3 Å². The molecule has 0 aliphatic heterocycles. The van der Waals surface area contributed by atoms with Crippen molar-refractivity contribution in [3.63, 3.8) is 0 Å². The Kier molecular flexibility index (Phi) is 18.1. The first-order chi connectivity index (χ1) is 16.1. The van der Waals surface area contributed by atoms with E-state index in [0.29, 0.717) is 25.2 Å². The molecule has 12 heteroatoms. The van der Waals surface area contributed by atoms with E-state index in [1.807, 2.05) is 41.5 Å². The van der Waals surface area contributed by atoms with Crippen LogP contribution in [0.15, 0.2) is 0 Å². The van der Waals surface area contributed by atoms with E-state index in [2.05, 4.69) is 0 Å². The van der Waals surface area contributed by atoms with Crippen LogP contribution >= 0.6 is 16.1 Å². The molecule has 0 aliphatic carbocycles. The Balaban J connectivity index is 4.14. The summed E-state index contributed by atoms with van der Waals surface area (Å²) >= 11 is 0. The molecule has 0 radical (unpaired) electrons. The zero-order chi connectivity index (χ0) is 27.1. The molecule has 0 rings (SSSR count). The highest BCUT2D eigenvalue weighted by molar-refractivity contribution is 7.39. The van der Waals surface area contributed by atoms with Crippen molar-refractivity contribution in [3.8, 4) is 0 Å². The molecule has 10 nitrogen and oxygen atoms in total. The third kappa shape index (κ3) is 24.0. The van der Waals surface area contributed by atoms with Crippen molar-refractivity contribution >= 4 is 16.1 Å². The number of aliphatic hydroxyl groups excluding tert-OH is 2. The molecular formula is C23H48O10P2+2. The summed E-state index contributed by atoms with van der Waals surface area (Å²) in [5, 5.41) is 19.2. The van der Waals surface area contributed by atoms with E-state index >= 15 is 0 Å². The van der Waals surface area contributed by atoms with Crippen LogP contribution in [0.5, 0.6) is 0 Å². The molecule has 0 heterocycles. The fourth-order valence-corrected chi connectivity index (χ4v) is 4.50. The van der Waals surface area contributed by atoms with E-state index in [4.69, 9.17) is 28.0 Å². The molecule has 208 valence electrons. The Bertz CT molecular complexity index is 590. The van der Waals surface area contributed by atoms with Crippen LogP contribution in [0.2, 0.25) is 0 Å². The summed E-state index contributed by atoms with van der Waals surface area (Å²) in [6, 6.07) is 0. The lowest BCUT2D eigenvalue weighted by molar-refractivity contribution is -0.252. The molecule has 0 bridgehead atoms. The van der Waals surface area contributed by atoms with E-state index in [9.17, 15) is 19.3 Å². The lowest BCUT2D eigenvalue weighted by Crippen LogP contribution is -2.36. The van der Waals surface area contributed by atoms with E-state index < -0.39 is 45.9 Å². The lowest BCUT2D eigenvalue weighted by Gasteiger charge is -2.28. The second-order valence-electron chi connectivity index (χ2n) is 10.4. The molecule has 35 heavy (non-hydrogen) atoms. The number of unbranched alkanes of at least 4 members (excludes halogenated alkanes) is 2. The van der Waals surface area contributed by atoms with Gasteiger partial charge in [0.25, 0.3) is 0 Å². The van der Waals surface area contributed by atoms with Gasteiger partial charge in [0.05, 0.1) is 30.0 Å². The zero-order valence-electron chi connectivity index (χ0n) is 22.7. The maximum absolute atomic E-state index is 12.2. The van der Waals surface area contributed by atoms with Crippen molar-refractivity contribution in [2.75, 3.05) is 38.8 Å². The minimum absolute atomic E-state index is 0.0380. The van der Waals surface area contributed by atoms with Crippen LogP contribution in [-0.2, 0) is 37.1 Å². The van der Waals surface area contributed by atoms with Gasteiger partial charge in [0, 0.05) is 0 Å². The predicted molar refractivity (Wildman–Crippen MR) is 135 cm³/mol. The fourth-order valence-electron chi connectivity index (χ4n) is 2.61. The molecule has 0 fully saturated rings. The van der Waals surface area contributed by atoms with Gasteiger partial charge in [0.15, 0.2) is 31.5 Å². The van der Waals surface area contributed by atoms with E-state index in [1.165, 1.54) is 0 Å². The molecular weight excluding hydrogens is 498 g/mol. The summed E-state index contributed by atoms with van der Waals surface area (Å²) in [7, 11) is -3.68. The highest BCUT2D eigenvalue weighted by Gasteiger charge is 2.27. The van der Waals surface area contributed by atoms with Gasteiger partial charge in [-0.25, -0.2) is 0 Å². The van der Waals surface area contributed by atoms with Crippen LogP contribution in [0, 0.1) is 0 Å². The zero-order valence-corrected chi connectivity index (χ0v) is 24.5. The Morgan fingerprint density at radius 3 is 1.69 bits per heavy atom. The lowest BCUT2D eigenvalue weighted by atomic mass is 10.2. The molecule has 0 amide bonds. The van der Waals surface area contributed by atoms with Gasteiger partial charge >= 0.3 is 16.1 Å². The van der Waals surface area contributed by atoms with E-state index in [0.717, 1.165) is 6.42 Å². The molecule has 0 aliphatic rings. The first-order valence-electron chi connectivity index (χ1n) is 12.2. The summed E-state index contributed by atoms with van der Waals surface area (Å²) < 4.78 is 57.1. The normalized spacial score (nSPS) is 17.1. The van der Waals surface area contributed by atoms with Crippen LogP contribution in [0.25, 0.3) is 0 Å². The van der Waals surface area contributed by atoms with Crippen molar-refractivity contribution in [1.82, 2.24) is 0 Å². The molecule has 2 N–H and O–H groups in total.